The third-order valence-corrected chi connectivity index (χ3v) is 21.0. The van der Waals surface area contributed by atoms with Gasteiger partial charge in [0.25, 0.3) is 0 Å². The number of aliphatic hydroxyl groups is 22. The number of nitrogens with zero attached hydrogens (tertiary/aromatic N) is 1. The fourth-order valence-electron chi connectivity index (χ4n) is 13.8. The lowest BCUT2D eigenvalue weighted by molar-refractivity contribution is -0.366. The van der Waals surface area contributed by atoms with Gasteiger partial charge in [0.05, 0.1) is 85.2 Å². The molecule has 0 bridgehead atoms. The lowest BCUT2D eigenvalue weighted by atomic mass is 9.96. The number of carboxylic acids is 1. The van der Waals surface area contributed by atoms with Crippen molar-refractivity contribution in [3.05, 3.63) is 0 Å². The quantitative estimate of drug-likeness (QED) is 0.0251. The topological polar surface area (TPSA) is 800 Å². The van der Waals surface area contributed by atoms with Gasteiger partial charge in [-0.05, 0) is 64.2 Å². The number of hydrogen-bond acceptors (Lipinski definition) is 43. The van der Waals surface area contributed by atoms with E-state index in [0.29, 0.717) is 6.42 Å². The van der Waals surface area contributed by atoms with Crippen LogP contribution in [-0.4, -0.2) is 484 Å². The maximum Gasteiger partial charge on any atom is 0.303 e. The van der Waals surface area contributed by atoms with E-state index in [-0.39, 0.29) is 135 Å². The van der Waals surface area contributed by atoms with Gasteiger partial charge in [-0.15, -0.1) is 0 Å². The number of hydrogen-bond donors (Lipinski definition) is 30. The number of carbonyl (C=O) groups is 8. The average Bonchev–Trinajstić information content (AvgIpc) is 0.780. The minimum atomic E-state index is -1.99. The van der Waals surface area contributed by atoms with Crippen molar-refractivity contribution in [2.24, 2.45) is 0 Å². The van der Waals surface area contributed by atoms with Gasteiger partial charge in [0.2, 0.25) is 41.4 Å². The van der Waals surface area contributed by atoms with E-state index in [1.807, 2.05) is 0 Å². The summed E-state index contributed by atoms with van der Waals surface area (Å²) in [5.74, 6) is -5.71. The Hall–Kier alpha value is -5.64. The van der Waals surface area contributed by atoms with Crippen molar-refractivity contribution >= 4 is 47.3 Å². The molecule has 30 N–H and O–H groups in total. The number of carboxylic acid groups (broad SMARTS) is 1. The summed E-state index contributed by atoms with van der Waals surface area (Å²) in [5.41, 5.74) is 0. The van der Waals surface area contributed by atoms with E-state index in [1.54, 1.807) is 0 Å². The molecule has 712 valence electrons. The molecule has 6 aliphatic heterocycles. The van der Waals surface area contributed by atoms with Crippen LogP contribution in [0, 0.1) is 0 Å². The number of ether oxygens (including phenoxy) is 12. The molecule has 0 spiro atoms. The van der Waals surface area contributed by atoms with Gasteiger partial charge in [-0.1, -0.05) is 0 Å². The summed E-state index contributed by atoms with van der Waals surface area (Å²) in [4.78, 5) is 107. The van der Waals surface area contributed by atoms with E-state index in [0.717, 1.165) is 4.90 Å². The Morgan fingerprint density at radius 3 is 1.02 bits per heavy atom. The van der Waals surface area contributed by atoms with Crippen LogP contribution in [0.2, 0.25) is 0 Å². The molecule has 6 fully saturated rings. The van der Waals surface area contributed by atoms with E-state index in [4.69, 9.17) is 61.9 Å². The third-order valence-electron chi connectivity index (χ3n) is 21.0. The first kappa shape index (κ1) is 106. The maximum absolute atomic E-state index is 14.5. The molecular formula is C72H126N8O43. The highest BCUT2D eigenvalue weighted by Gasteiger charge is 2.54. The van der Waals surface area contributed by atoms with Crippen LogP contribution in [-0.2, 0) is 95.2 Å². The first-order chi connectivity index (χ1) is 58.6. The summed E-state index contributed by atoms with van der Waals surface area (Å²) in [6.45, 7) is -9.02. The van der Waals surface area contributed by atoms with Crippen molar-refractivity contribution in [2.75, 3.05) is 118 Å². The van der Waals surface area contributed by atoms with Gasteiger partial charge in [-0.25, -0.2) is 0 Å². The first-order valence-electron chi connectivity index (χ1n) is 40.8. The van der Waals surface area contributed by atoms with Gasteiger partial charge in [0.1, 0.15) is 153 Å². The molecule has 0 aromatic rings. The summed E-state index contributed by atoms with van der Waals surface area (Å²) in [6, 6.07) is -2.59. The van der Waals surface area contributed by atoms with Gasteiger partial charge in [0, 0.05) is 65.0 Å². The second kappa shape index (κ2) is 54.6. The third kappa shape index (κ3) is 32.8. The molecule has 0 aromatic heterocycles. The predicted molar refractivity (Wildman–Crippen MR) is 402 cm³/mol. The summed E-state index contributed by atoms with van der Waals surface area (Å²) < 4.78 is 66.1. The Kier molecular flexibility index (Phi) is 47.1. The molecule has 32 atom stereocenters. The Morgan fingerprint density at radius 1 is 0.301 bits per heavy atom. The van der Waals surface area contributed by atoms with E-state index in [9.17, 15) is 151 Å². The molecule has 6 aliphatic rings. The zero-order valence-corrected chi connectivity index (χ0v) is 67.5. The number of aliphatic hydroxyl groups excluding tert-OH is 22. The zero-order chi connectivity index (χ0) is 90.7. The van der Waals surface area contributed by atoms with Crippen molar-refractivity contribution in [2.45, 2.75) is 286 Å². The van der Waals surface area contributed by atoms with Gasteiger partial charge >= 0.3 is 5.97 Å². The van der Waals surface area contributed by atoms with Gasteiger partial charge in [-0.2, -0.15) is 0 Å². The zero-order valence-electron chi connectivity index (χ0n) is 67.5. The molecule has 123 heavy (non-hydrogen) atoms. The summed E-state index contributed by atoms with van der Waals surface area (Å²) in [5, 5.41) is 254. The smallest absolute Gasteiger partial charge is 0.303 e. The largest absolute Gasteiger partial charge is 0.481 e. The second-order valence-corrected chi connectivity index (χ2v) is 30.2. The average molecular weight is 1790 g/mol. The van der Waals surface area contributed by atoms with Crippen LogP contribution in [0.25, 0.3) is 0 Å². The van der Waals surface area contributed by atoms with Crippen LogP contribution >= 0.6 is 0 Å². The Balaban J connectivity index is 1.02. The molecule has 0 radical (unpaired) electrons. The minimum Gasteiger partial charge on any atom is -0.481 e. The van der Waals surface area contributed by atoms with Crippen LogP contribution in [0.1, 0.15) is 89.9 Å². The lowest BCUT2D eigenvalue weighted by Crippen LogP contribution is -2.65. The second-order valence-electron chi connectivity index (χ2n) is 30.2. The lowest BCUT2D eigenvalue weighted by Gasteiger charge is -2.46. The minimum absolute atomic E-state index is 0.0159. The molecule has 0 saturated carbocycles. The highest BCUT2D eigenvalue weighted by molar-refractivity contribution is 5.88. The molecule has 6 saturated heterocycles. The molecule has 2 unspecified atom stereocenters. The number of unbranched alkanes of at least 4 members (excludes halogenated alkanes) is 4. The number of carbonyl (C=O) groups excluding carboxylic acids is 7. The van der Waals surface area contributed by atoms with E-state index in [2.05, 4.69) is 37.2 Å². The standard InChI is InChI=1S/C72H126N8O43/c81-27-35-47(93)53(99)58(104)67(117-35)112-22-18-75-44(89)25-80(26-45(90)76-19-23-113-68-59(105)54(100)48(94)36(28-82)118-68)34(66(111)78-20-24-114-69-60(106)55(101)49(95)37(29-83)119-69)10-6-8-16-77-65(110)33(79-43(88)13-3-4-14-46(91)92)9-5-7-15-73-41(86)11-1-2-12-42(87)74-17-21-115-71-63(109)64(123-72-62(108)57(103)51(97)39(31-85)121-72)52(98)40(122-71)32-116-70-61(107)56(102)50(96)38(30-84)120-70/h33-40,47-64,67-72,81-85,93-109H,1-32H2,(H,73,86)(H,74,87)(H,75,89)(H,76,90)(H,77,110)(H,78,111)(H,79,88)(H,91,92)/t33?,34?,35-,36-,37-,38-,39-,40-,47-,48-,49-,50-,51-,52-,53+,54+,55+,56+,57+,58+,59+,60+,61+,62+,63+,64+,67+,68+,69+,70+,71+,72-/m1/s1. The Labute approximate surface area is 704 Å². The molecule has 0 aromatic carbocycles. The normalized spacial score (nSPS) is 34.6. The molecule has 51 heteroatoms. The van der Waals surface area contributed by atoms with Crippen LogP contribution in [0.3, 0.4) is 0 Å². The van der Waals surface area contributed by atoms with Crippen molar-refractivity contribution in [3.63, 3.8) is 0 Å². The van der Waals surface area contributed by atoms with Gasteiger partial charge < -0.3 is 212 Å². The van der Waals surface area contributed by atoms with Gasteiger partial charge in [0.15, 0.2) is 37.7 Å². The van der Waals surface area contributed by atoms with Crippen molar-refractivity contribution in [1.82, 2.24) is 42.1 Å². The van der Waals surface area contributed by atoms with Crippen LogP contribution < -0.4 is 37.2 Å². The van der Waals surface area contributed by atoms with Crippen molar-refractivity contribution in [3.8, 4) is 0 Å². The van der Waals surface area contributed by atoms with Crippen molar-refractivity contribution < 1.29 is 213 Å². The fraction of sp³-hybridized carbons (Fsp3) is 0.889. The first-order valence-corrected chi connectivity index (χ1v) is 40.8. The number of amides is 7. The Bertz CT molecular complexity index is 3070. The number of rotatable bonds is 54. The molecule has 0 aliphatic carbocycles. The SMILES string of the molecule is O=C(O)CCCCC(=O)NC(CCCCNC(=O)CCCCC(=O)NCCO[C@H]1O[C@H](CO[C@H]2O[C@H](CO)[C@@H](O)[C@H](O)[C@@H]2O)[C@@H](O)[C@H](O[C@H]2O[C@H](CO)[C@@H](O)[C@H](O)[C@@H]2O)[C@@H]1O)C(=O)NCCCCC(C(=O)NCCO[C@H]1O[C@H](CO)[C@@H](O)[C@H](O)[C@@H]1O)N(CC(=O)NCCO[C@H]1O[C@H](CO)[C@@H](O)[C@H](O)[C@@H]1O)CC(=O)NCCO[C@H]1O[C@H](CO)[C@@H](O)[C@H](O)[C@@H]1O. The van der Waals surface area contributed by atoms with E-state index >= 15 is 0 Å². The fourth-order valence-corrected chi connectivity index (χ4v) is 13.8. The van der Waals surface area contributed by atoms with Crippen LogP contribution in [0.4, 0.5) is 0 Å². The molecule has 51 nitrogen and oxygen atoms in total. The highest BCUT2D eigenvalue weighted by Crippen LogP contribution is 2.33. The predicted octanol–water partition coefficient (Wildman–Crippen LogP) is -16.7. The summed E-state index contributed by atoms with van der Waals surface area (Å²) in [6.07, 6.45) is -50.4. The Morgan fingerprint density at radius 2 is 0.618 bits per heavy atom. The van der Waals surface area contributed by atoms with Crippen LogP contribution in [0.15, 0.2) is 0 Å². The molecule has 6 rings (SSSR count). The van der Waals surface area contributed by atoms with E-state index < -0.39 is 310 Å². The summed E-state index contributed by atoms with van der Waals surface area (Å²) in [7, 11) is 0. The highest BCUT2D eigenvalue weighted by atomic mass is 16.8. The molecule has 7 amide bonds. The number of nitrogens with one attached hydrogen (secondary N) is 7. The summed E-state index contributed by atoms with van der Waals surface area (Å²) >= 11 is 0. The number of aliphatic carboxylic acids is 1. The monoisotopic (exact) mass is 1790 g/mol. The van der Waals surface area contributed by atoms with Crippen LogP contribution in [0.5, 0.6) is 0 Å². The van der Waals surface area contributed by atoms with Gasteiger partial charge in [-0.3, -0.25) is 43.3 Å². The molecular weight excluding hydrogens is 1660 g/mol. The molecule has 6 heterocycles. The van der Waals surface area contributed by atoms with E-state index in [1.165, 1.54) is 0 Å². The van der Waals surface area contributed by atoms with Crippen molar-refractivity contribution in [1.29, 1.82) is 0 Å². The maximum atomic E-state index is 14.5.